The van der Waals surface area contributed by atoms with Gasteiger partial charge in [-0.2, -0.15) is 0 Å². The smallest absolute Gasteiger partial charge is 0.125 e. The summed E-state index contributed by atoms with van der Waals surface area (Å²) >= 11 is 0. The van der Waals surface area contributed by atoms with Crippen molar-refractivity contribution in [1.82, 2.24) is 0 Å². The largest absolute Gasteiger partial charge is 0.508 e. The van der Waals surface area contributed by atoms with E-state index in [1.165, 1.54) is 12.1 Å². The molecule has 2 rings (SSSR count). The molecule has 0 heterocycles. The Labute approximate surface area is 112 Å². The summed E-state index contributed by atoms with van der Waals surface area (Å²) in [6.45, 7) is 3.30. The molecule has 0 radical (unpaired) electrons. The van der Waals surface area contributed by atoms with Gasteiger partial charge in [0.05, 0.1) is 0 Å². The third-order valence-electron chi connectivity index (χ3n) is 2.93. The molecule has 0 aliphatic heterocycles. The minimum absolute atomic E-state index is 0.217. The van der Waals surface area contributed by atoms with Crippen LogP contribution < -0.4 is 10.6 Å². The van der Waals surface area contributed by atoms with Gasteiger partial charge in [0.2, 0.25) is 0 Å². The second kappa shape index (κ2) is 5.61. The molecule has 3 nitrogen and oxygen atoms in total. The summed E-state index contributed by atoms with van der Waals surface area (Å²) in [6, 6.07) is 11.5. The van der Waals surface area contributed by atoms with Crippen molar-refractivity contribution in [2.75, 3.05) is 17.2 Å². The number of halogens is 1. The van der Waals surface area contributed by atoms with E-state index < -0.39 is 0 Å². The predicted octanol–water partition coefficient (Wildman–Crippen LogP) is 3.14. The molecular formula is C15H17FN2O. The van der Waals surface area contributed by atoms with Gasteiger partial charge in [-0.15, -0.1) is 0 Å². The van der Waals surface area contributed by atoms with E-state index in [1.54, 1.807) is 24.3 Å². The summed E-state index contributed by atoms with van der Waals surface area (Å²) in [5.74, 6) is -0.114. The van der Waals surface area contributed by atoms with Crippen molar-refractivity contribution < 1.29 is 9.50 Å². The lowest BCUT2D eigenvalue weighted by molar-refractivity contribution is 0.475. The minimum atomic E-state index is -0.332. The first-order valence-corrected chi connectivity index (χ1v) is 6.17. The average molecular weight is 260 g/mol. The average Bonchev–Trinajstić information content (AvgIpc) is 2.34. The Morgan fingerprint density at radius 2 is 2.00 bits per heavy atom. The Balaban J connectivity index is 2.23. The van der Waals surface area contributed by atoms with Crippen LogP contribution in [0, 0.1) is 5.82 Å². The molecule has 0 aliphatic rings. The fourth-order valence-corrected chi connectivity index (χ4v) is 2.06. The number of hydrogen-bond donors (Lipinski definition) is 2. The zero-order valence-electron chi connectivity index (χ0n) is 10.8. The first kappa shape index (κ1) is 13.2. The topological polar surface area (TPSA) is 49.5 Å². The Kier molecular flexibility index (Phi) is 3.90. The van der Waals surface area contributed by atoms with E-state index in [0.29, 0.717) is 12.2 Å². The van der Waals surface area contributed by atoms with E-state index in [-0.39, 0.29) is 11.6 Å². The van der Waals surface area contributed by atoms with Crippen molar-refractivity contribution in [3.05, 3.63) is 53.8 Å². The van der Waals surface area contributed by atoms with Crippen molar-refractivity contribution in [2.45, 2.75) is 13.5 Å². The molecule has 0 amide bonds. The van der Waals surface area contributed by atoms with Gasteiger partial charge in [-0.3, -0.25) is 0 Å². The highest BCUT2D eigenvalue weighted by molar-refractivity contribution is 5.51. The van der Waals surface area contributed by atoms with Crippen LogP contribution in [0.25, 0.3) is 0 Å². The van der Waals surface area contributed by atoms with Gasteiger partial charge in [-0.1, -0.05) is 6.07 Å². The number of benzene rings is 2. The Morgan fingerprint density at radius 3 is 2.63 bits per heavy atom. The number of nitrogen functional groups attached to an aromatic ring is 1. The number of phenolic OH excluding ortho intramolecular Hbond substituents is 1. The summed E-state index contributed by atoms with van der Waals surface area (Å²) in [7, 11) is 0. The van der Waals surface area contributed by atoms with Crippen LogP contribution in [0.1, 0.15) is 12.5 Å². The van der Waals surface area contributed by atoms with Gasteiger partial charge in [0, 0.05) is 30.5 Å². The summed E-state index contributed by atoms with van der Waals surface area (Å²) in [6.07, 6.45) is 0. The maximum atomic E-state index is 13.3. The maximum absolute atomic E-state index is 13.3. The van der Waals surface area contributed by atoms with Crippen LogP contribution in [0.4, 0.5) is 15.8 Å². The van der Waals surface area contributed by atoms with Crippen LogP contribution in [0.5, 0.6) is 5.75 Å². The molecule has 2 aromatic rings. The molecule has 0 saturated carbocycles. The van der Waals surface area contributed by atoms with Gasteiger partial charge in [-0.25, -0.2) is 4.39 Å². The summed E-state index contributed by atoms with van der Waals surface area (Å²) in [5, 5.41) is 9.51. The fourth-order valence-electron chi connectivity index (χ4n) is 2.06. The van der Waals surface area contributed by atoms with E-state index in [4.69, 9.17) is 5.73 Å². The van der Waals surface area contributed by atoms with E-state index in [1.807, 2.05) is 17.9 Å². The van der Waals surface area contributed by atoms with Gasteiger partial charge in [0.1, 0.15) is 11.6 Å². The lowest BCUT2D eigenvalue weighted by Crippen LogP contribution is -2.22. The number of nitrogens with two attached hydrogens (primary N) is 1. The normalized spacial score (nSPS) is 10.4. The predicted molar refractivity (Wildman–Crippen MR) is 75.6 cm³/mol. The minimum Gasteiger partial charge on any atom is -0.508 e. The number of phenols is 1. The molecule has 4 heteroatoms. The first-order valence-electron chi connectivity index (χ1n) is 6.17. The van der Waals surface area contributed by atoms with Crippen LogP contribution in [0.3, 0.4) is 0 Å². The van der Waals surface area contributed by atoms with Crippen molar-refractivity contribution in [1.29, 1.82) is 0 Å². The maximum Gasteiger partial charge on any atom is 0.125 e. The highest BCUT2D eigenvalue weighted by atomic mass is 19.1. The Bertz CT molecular complexity index is 552. The second-order valence-electron chi connectivity index (χ2n) is 4.43. The highest BCUT2D eigenvalue weighted by Crippen LogP contribution is 2.22. The molecule has 0 spiro atoms. The molecule has 0 saturated heterocycles. The summed E-state index contributed by atoms with van der Waals surface area (Å²) < 4.78 is 13.3. The first-order chi connectivity index (χ1) is 9.08. The van der Waals surface area contributed by atoms with Crippen LogP contribution in [0.15, 0.2) is 42.5 Å². The molecule has 0 atom stereocenters. The van der Waals surface area contributed by atoms with Crippen molar-refractivity contribution in [3.8, 4) is 5.75 Å². The second-order valence-corrected chi connectivity index (χ2v) is 4.43. The zero-order chi connectivity index (χ0) is 13.8. The molecule has 0 unspecified atom stereocenters. The molecule has 0 aliphatic carbocycles. The van der Waals surface area contributed by atoms with Crippen molar-refractivity contribution in [3.63, 3.8) is 0 Å². The lowest BCUT2D eigenvalue weighted by atomic mass is 10.1. The SMILES string of the molecule is CCN(Cc1cc(N)cc(F)c1)c1cccc(O)c1. The fraction of sp³-hybridized carbons (Fsp3) is 0.200. The molecule has 0 bridgehead atoms. The van der Waals surface area contributed by atoms with Gasteiger partial charge in [-0.05, 0) is 42.8 Å². The quantitative estimate of drug-likeness (QED) is 0.830. The molecule has 3 N–H and O–H groups in total. The van der Waals surface area contributed by atoms with Gasteiger partial charge in [0.25, 0.3) is 0 Å². The van der Waals surface area contributed by atoms with Gasteiger partial charge in [0.15, 0.2) is 0 Å². The third kappa shape index (κ3) is 3.37. The Morgan fingerprint density at radius 1 is 1.21 bits per heavy atom. The van der Waals surface area contributed by atoms with Crippen molar-refractivity contribution in [2.24, 2.45) is 0 Å². The van der Waals surface area contributed by atoms with Crippen LogP contribution >= 0.6 is 0 Å². The number of anilines is 2. The molecule has 2 aromatic carbocycles. The van der Waals surface area contributed by atoms with E-state index in [9.17, 15) is 9.50 Å². The number of nitrogens with zero attached hydrogens (tertiary/aromatic N) is 1. The number of hydrogen-bond acceptors (Lipinski definition) is 3. The standard InChI is InChI=1S/C15H17FN2O/c1-2-18(14-4-3-5-15(19)9-14)10-11-6-12(16)8-13(17)7-11/h3-9,19H,2,10,17H2,1H3. The summed E-state index contributed by atoms with van der Waals surface area (Å²) in [5.41, 5.74) is 7.76. The highest BCUT2D eigenvalue weighted by Gasteiger charge is 2.07. The monoisotopic (exact) mass is 260 g/mol. The molecule has 19 heavy (non-hydrogen) atoms. The van der Waals surface area contributed by atoms with Crippen molar-refractivity contribution >= 4 is 11.4 Å². The summed E-state index contributed by atoms with van der Waals surface area (Å²) in [4.78, 5) is 2.04. The van der Waals surface area contributed by atoms with Crippen LogP contribution in [-0.4, -0.2) is 11.7 Å². The van der Waals surface area contributed by atoms with Gasteiger partial charge < -0.3 is 15.7 Å². The molecule has 0 fully saturated rings. The van der Waals surface area contributed by atoms with E-state index in [2.05, 4.69) is 0 Å². The molecule has 100 valence electrons. The van der Waals surface area contributed by atoms with Crippen LogP contribution in [-0.2, 0) is 6.54 Å². The van der Waals surface area contributed by atoms with Gasteiger partial charge >= 0.3 is 0 Å². The van der Waals surface area contributed by atoms with Crippen LogP contribution in [0.2, 0.25) is 0 Å². The zero-order valence-corrected chi connectivity index (χ0v) is 10.8. The Hall–Kier alpha value is -2.23. The number of rotatable bonds is 4. The lowest BCUT2D eigenvalue weighted by Gasteiger charge is -2.23. The molecular weight excluding hydrogens is 243 g/mol. The van der Waals surface area contributed by atoms with E-state index in [0.717, 1.165) is 17.8 Å². The third-order valence-corrected chi connectivity index (χ3v) is 2.93. The van der Waals surface area contributed by atoms with E-state index >= 15 is 0 Å². The number of aromatic hydroxyl groups is 1. The molecule has 0 aromatic heterocycles.